The Morgan fingerprint density at radius 1 is 0.779 bits per heavy atom. The highest BCUT2D eigenvalue weighted by Crippen LogP contribution is 2.64. The molecule has 5 aromatic rings. The number of carbonyl (C=O) groups is 10. The van der Waals surface area contributed by atoms with E-state index in [9.17, 15) is 48.6 Å². The minimum Gasteiger partial charge on any atom is -0.464 e. The van der Waals surface area contributed by atoms with Crippen LogP contribution < -0.4 is 10.2 Å². The highest BCUT2D eigenvalue weighted by Gasteiger charge is 2.78. The van der Waals surface area contributed by atoms with Crippen molar-refractivity contribution < 1.29 is 91.3 Å². The zero-order valence-electron chi connectivity index (χ0n) is 53.9. The summed E-state index contributed by atoms with van der Waals surface area (Å²) in [5.74, 6) is -10.4. The molecule has 0 radical (unpaired) electrons. The predicted molar refractivity (Wildman–Crippen MR) is 340 cm³/mol. The van der Waals surface area contributed by atoms with Gasteiger partial charge < -0.3 is 58.5 Å². The van der Waals surface area contributed by atoms with E-state index in [1.807, 2.05) is 42.1 Å². The molecule has 3 amide bonds. The molecule has 498 valence electrons. The number of ketones is 1. The molecule has 0 unspecified atom stereocenters. The lowest BCUT2D eigenvalue weighted by atomic mass is 9.44. The minimum absolute atomic E-state index is 0.00199. The van der Waals surface area contributed by atoms with Gasteiger partial charge in [-0.1, -0.05) is 86.6 Å². The zero-order valence-corrected chi connectivity index (χ0v) is 53.9. The predicted octanol–water partition coefficient (Wildman–Crippen LogP) is 6.57. The lowest BCUT2D eigenvalue weighted by Gasteiger charge is -2.67. The topological polar surface area (TPSA) is 298 Å². The van der Waals surface area contributed by atoms with E-state index in [1.54, 1.807) is 91.0 Å². The lowest BCUT2D eigenvalue weighted by Crippen LogP contribution is -2.82. The van der Waals surface area contributed by atoms with Crippen LogP contribution in [0.2, 0.25) is 0 Å². The number of piperidine rings is 1. The standard InChI is InChI=1S/C72H76N4O19/c1-40-52(36-72(88)63(94-67(86)46-22-16-11-17-23-46)61-70(6,53(79)35-54-71(61,39-90-54)95-42(3)78)62(82)59(91-41(2)77)57(40)69(72,4)5)92-68(87)60(58(44-18-12-9-13-19-44)73-64(83)45-20-14-10-15-21-45)93-55(80)28-31-75-29-26-43(27-30-75)38-89-56(81)37-76-65(84)50-33-47-24-25-49(74(7)8)32-48(47)34-51(50)66(76)85/h9-25,28,31-34,43,52-54,58-61,63,79,88H,26-27,29-30,35-39H2,1-8H3,(H,73,83)/b31-28+/t52-,53-,54+,58-,59+,60+,61-,63-,70+,71-,72+/m0/s1. The summed E-state index contributed by atoms with van der Waals surface area (Å²) in [4.78, 5) is 146. The van der Waals surface area contributed by atoms with Crippen LogP contribution in [0.3, 0.4) is 0 Å². The van der Waals surface area contributed by atoms with Crippen LogP contribution in [0.4, 0.5) is 5.69 Å². The Balaban J connectivity index is 0.868. The van der Waals surface area contributed by atoms with Gasteiger partial charge in [0.2, 0.25) is 6.10 Å². The summed E-state index contributed by atoms with van der Waals surface area (Å²) in [6.07, 6.45) is -7.62. The first-order valence-corrected chi connectivity index (χ1v) is 31.6. The molecule has 11 atom stereocenters. The fraction of sp³-hybridized carbons (Fsp3) is 0.417. The van der Waals surface area contributed by atoms with Crippen LogP contribution in [0.5, 0.6) is 0 Å². The van der Waals surface area contributed by atoms with Crippen molar-refractivity contribution in [3.8, 4) is 0 Å². The number of nitrogens with one attached hydrogen (secondary N) is 1. The van der Waals surface area contributed by atoms with Crippen LogP contribution in [0.15, 0.2) is 145 Å². The molecule has 95 heavy (non-hydrogen) atoms. The number of anilines is 1. The smallest absolute Gasteiger partial charge is 0.350 e. The van der Waals surface area contributed by atoms with Crippen molar-refractivity contribution in [2.75, 3.05) is 51.8 Å². The molecule has 5 aromatic carbocycles. The van der Waals surface area contributed by atoms with Crippen molar-refractivity contribution in [2.24, 2.45) is 22.7 Å². The van der Waals surface area contributed by atoms with Gasteiger partial charge in [-0.15, -0.1) is 0 Å². The third-order valence-corrected chi connectivity index (χ3v) is 20.0. The van der Waals surface area contributed by atoms with Crippen molar-refractivity contribution in [1.29, 1.82) is 0 Å². The van der Waals surface area contributed by atoms with Crippen LogP contribution in [0.25, 0.3) is 10.8 Å². The Morgan fingerprint density at radius 2 is 1.40 bits per heavy atom. The Hall–Kier alpha value is -9.58. The number of ether oxygens (including phenoxy) is 7. The number of Topliss-reactive ketones (excluding diaryl/α,β-unsaturated/α-hetero) is 1. The summed E-state index contributed by atoms with van der Waals surface area (Å²) >= 11 is 0. The van der Waals surface area contributed by atoms with E-state index in [0.717, 1.165) is 41.3 Å². The third kappa shape index (κ3) is 12.5. The number of amides is 3. The quantitative estimate of drug-likeness (QED) is 0.0275. The maximum atomic E-state index is 15.9. The molecule has 3 aliphatic carbocycles. The summed E-state index contributed by atoms with van der Waals surface area (Å²) in [5.41, 5.74) is -6.48. The molecule has 2 saturated heterocycles. The first-order chi connectivity index (χ1) is 45.2. The van der Waals surface area contributed by atoms with Crippen molar-refractivity contribution in [3.63, 3.8) is 0 Å². The summed E-state index contributed by atoms with van der Waals surface area (Å²) in [7, 11) is 3.79. The van der Waals surface area contributed by atoms with Gasteiger partial charge in [-0.25, -0.2) is 14.4 Å². The van der Waals surface area contributed by atoms with Crippen LogP contribution in [0, 0.1) is 22.7 Å². The summed E-state index contributed by atoms with van der Waals surface area (Å²) in [5, 5.41) is 30.9. The minimum atomic E-state index is -2.52. The molecular formula is C72H76N4O19. The highest BCUT2D eigenvalue weighted by atomic mass is 16.6. The Bertz CT molecular complexity index is 3960. The van der Waals surface area contributed by atoms with Crippen molar-refractivity contribution in [1.82, 2.24) is 15.1 Å². The van der Waals surface area contributed by atoms with Crippen LogP contribution in [0.1, 0.15) is 120 Å². The van der Waals surface area contributed by atoms with Gasteiger partial charge in [0.05, 0.1) is 47.3 Å². The third-order valence-electron chi connectivity index (χ3n) is 20.0. The molecule has 0 spiro atoms. The molecular weight excluding hydrogens is 1220 g/mol. The summed E-state index contributed by atoms with van der Waals surface area (Å²) in [6, 6.07) is 31.5. The second-order valence-corrected chi connectivity index (χ2v) is 26.3. The van der Waals surface area contributed by atoms with Crippen LogP contribution in [-0.2, 0) is 61.9 Å². The number of carbonyl (C=O) groups excluding carboxylic acids is 10. The number of hydrogen-bond donors (Lipinski definition) is 3. The van der Waals surface area contributed by atoms with Gasteiger partial charge in [-0.05, 0) is 109 Å². The number of esters is 6. The van der Waals surface area contributed by atoms with E-state index < -0.39 is 143 Å². The van der Waals surface area contributed by atoms with Gasteiger partial charge in [-0.2, -0.15) is 0 Å². The normalized spacial score (nSPS) is 26.7. The van der Waals surface area contributed by atoms with Crippen molar-refractivity contribution >= 4 is 75.8 Å². The number of aliphatic hydroxyl groups is 2. The second-order valence-electron chi connectivity index (χ2n) is 26.3. The molecule has 3 aliphatic heterocycles. The molecule has 6 aliphatic rings. The van der Waals surface area contributed by atoms with Crippen molar-refractivity contribution in [2.45, 2.75) is 121 Å². The first kappa shape index (κ1) is 66.9. The SMILES string of the molecule is CC(=O)O[C@H]1C(=O)[C@@]2(C)[C@H]([C@H](OC(=O)c3ccccc3)[C@]3(O)C[C@H](OC(=O)[C@H](OC(=O)/C=C/N4CCC(COC(=O)CN5C(=O)c6cc7ccc(N(C)C)cc7cc6C5=O)CC4)[C@@H](NC(=O)c4ccccc4)c4ccccc4)C(C)=C1C3(C)C)[C@]1(OC(C)=O)CO[C@@H]1C[C@@H]2O. The molecule has 23 nitrogen and oxygen atoms in total. The molecule has 3 N–H and O–H groups in total. The number of benzene rings is 5. The monoisotopic (exact) mass is 1300 g/mol. The fourth-order valence-corrected chi connectivity index (χ4v) is 14.7. The highest BCUT2D eigenvalue weighted by molar-refractivity contribution is 6.24. The second kappa shape index (κ2) is 26.3. The largest absolute Gasteiger partial charge is 0.464 e. The van der Waals surface area contributed by atoms with E-state index in [1.165, 1.54) is 46.0 Å². The average Bonchev–Trinajstić information content (AvgIpc) is 1.07. The summed E-state index contributed by atoms with van der Waals surface area (Å²) in [6.45, 7) is 7.96. The van der Waals surface area contributed by atoms with Gasteiger partial charge in [0.1, 0.15) is 36.5 Å². The number of likely N-dealkylation sites (tertiary alicyclic amines) is 1. The number of fused-ring (bicyclic) bond motifs is 7. The molecule has 11 rings (SSSR count). The van der Waals surface area contributed by atoms with Crippen LogP contribution in [-0.4, -0.2) is 174 Å². The number of nitrogens with zero attached hydrogens (tertiary/aromatic N) is 3. The van der Waals surface area contributed by atoms with Crippen LogP contribution >= 0.6 is 0 Å². The van der Waals surface area contributed by atoms with Gasteiger partial charge in [0, 0.05) is 82.8 Å². The van der Waals surface area contributed by atoms with E-state index >= 15 is 9.59 Å². The van der Waals surface area contributed by atoms with E-state index in [4.69, 9.17) is 33.2 Å². The average molecular weight is 1300 g/mol. The Morgan fingerprint density at radius 3 is 2.00 bits per heavy atom. The van der Waals surface area contributed by atoms with Crippen molar-refractivity contribution in [3.05, 3.63) is 173 Å². The van der Waals surface area contributed by atoms with Gasteiger partial charge in [0.15, 0.2) is 17.5 Å². The maximum Gasteiger partial charge on any atom is 0.350 e. The number of aliphatic hydroxyl groups excluding tert-OH is 1. The van der Waals surface area contributed by atoms with Gasteiger partial charge in [0.25, 0.3) is 17.7 Å². The number of imide groups is 1. The van der Waals surface area contributed by atoms with E-state index in [0.29, 0.717) is 25.9 Å². The Labute approximate surface area is 548 Å². The summed E-state index contributed by atoms with van der Waals surface area (Å²) < 4.78 is 42.9. The first-order valence-electron chi connectivity index (χ1n) is 31.6. The Kier molecular flexibility index (Phi) is 18.5. The molecule has 3 heterocycles. The molecule has 4 fully saturated rings. The molecule has 23 heteroatoms. The molecule has 2 saturated carbocycles. The van der Waals surface area contributed by atoms with E-state index in [2.05, 4.69) is 5.32 Å². The zero-order chi connectivity index (χ0) is 68.1. The lowest BCUT2D eigenvalue weighted by molar-refractivity contribution is -0.346. The molecule has 0 aromatic heterocycles. The van der Waals surface area contributed by atoms with Gasteiger partial charge in [-0.3, -0.25) is 38.5 Å². The fourth-order valence-electron chi connectivity index (χ4n) is 14.7. The maximum absolute atomic E-state index is 15.9. The number of rotatable bonds is 18. The van der Waals surface area contributed by atoms with E-state index in [-0.39, 0.29) is 64.5 Å². The molecule has 2 bridgehead atoms. The van der Waals surface area contributed by atoms with Gasteiger partial charge >= 0.3 is 35.8 Å². The number of hydrogen-bond acceptors (Lipinski definition) is 21.